The van der Waals surface area contributed by atoms with Gasteiger partial charge in [0, 0.05) is 23.1 Å². The standard InChI is InChI=1S/C21H16N2O5/c1-27-21(24)18-17(13-6-4-7-14(11-13)23(25)26)16-10-9-12-5-2-3-8-15(12)19(16)28-20(18)22/h2-11,17H,22H2,1H3/t17-/m1/s1. The SMILES string of the molecule is COC(=O)C1=C(N)Oc2c(ccc3ccccc23)[C@H]1c1cccc([N+](=O)[O-])c1. The number of fused-ring (bicyclic) bond motifs is 3. The molecule has 4 rings (SSSR count). The Morgan fingerprint density at radius 2 is 1.93 bits per heavy atom. The first-order valence-corrected chi connectivity index (χ1v) is 8.53. The van der Waals surface area contributed by atoms with E-state index in [0.717, 1.165) is 10.8 Å². The van der Waals surface area contributed by atoms with Gasteiger partial charge < -0.3 is 15.2 Å². The van der Waals surface area contributed by atoms with E-state index in [2.05, 4.69) is 0 Å². The first-order chi connectivity index (χ1) is 13.5. The van der Waals surface area contributed by atoms with E-state index < -0.39 is 16.8 Å². The number of ether oxygens (including phenoxy) is 2. The molecule has 7 heteroatoms. The molecule has 0 fully saturated rings. The molecule has 7 nitrogen and oxygen atoms in total. The van der Waals surface area contributed by atoms with Gasteiger partial charge in [-0.1, -0.05) is 48.5 Å². The number of nitro benzene ring substituents is 1. The highest BCUT2D eigenvalue weighted by Gasteiger charge is 2.36. The van der Waals surface area contributed by atoms with Crippen LogP contribution >= 0.6 is 0 Å². The van der Waals surface area contributed by atoms with Gasteiger partial charge in [0.2, 0.25) is 5.88 Å². The zero-order chi connectivity index (χ0) is 19.8. The highest BCUT2D eigenvalue weighted by Crippen LogP contribution is 2.46. The maximum absolute atomic E-state index is 12.5. The van der Waals surface area contributed by atoms with E-state index in [4.69, 9.17) is 15.2 Å². The summed E-state index contributed by atoms with van der Waals surface area (Å²) in [7, 11) is 1.25. The van der Waals surface area contributed by atoms with Crippen LogP contribution in [0.25, 0.3) is 10.8 Å². The molecule has 2 N–H and O–H groups in total. The molecule has 1 aliphatic heterocycles. The number of methoxy groups -OCH3 is 1. The maximum Gasteiger partial charge on any atom is 0.340 e. The number of esters is 1. The number of carbonyl (C=O) groups is 1. The Balaban J connectivity index is 2.00. The van der Waals surface area contributed by atoms with Crippen LogP contribution in [0.3, 0.4) is 0 Å². The van der Waals surface area contributed by atoms with Gasteiger partial charge in [-0.25, -0.2) is 4.79 Å². The number of rotatable bonds is 3. The Labute approximate surface area is 160 Å². The molecule has 0 aromatic heterocycles. The zero-order valence-electron chi connectivity index (χ0n) is 14.9. The number of non-ortho nitro benzene ring substituents is 1. The van der Waals surface area contributed by atoms with Gasteiger partial charge in [0.25, 0.3) is 5.69 Å². The van der Waals surface area contributed by atoms with Crippen LogP contribution in [0.15, 0.2) is 72.1 Å². The van der Waals surface area contributed by atoms with E-state index in [0.29, 0.717) is 16.9 Å². The second kappa shape index (κ2) is 6.70. The molecule has 0 spiro atoms. The van der Waals surface area contributed by atoms with E-state index in [1.165, 1.54) is 19.2 Å². The van der Waals surface area contributed by atoms with Gasteiger partial charge in [-0.2, -0.15) is 0 Å². The van der Waals surface area contributed by atoms with E-state index in [1.54, 1.807) is 12.1 Å². The van der Waals surface area contributed by atoms with Crippen molar-refractivity contribution in [1.82, 2.24) is 0 Å². The average molecular weight is 376 g/mol. The normalized spacial score (nSPS) is 15.7. The highest BCUT2D eigenvalue weighted by molar-refractivity contribution is 5.96. The Hall–Kier alpha value is -3.87. The molecular formula is C21H16N2O5. The molecule has 0 radical (unpaired) electrons. The van der Waals surface area contributed by atoms with Crippen molar-refractivity contribution >= 4 is 22.4 Å². The van der Waals surface area contributed by atoms with Gasteiger partial charge in [-0.05, 0) is 10.9 Å². The fraction of sp³-hybridized carbons (Fsp3) is 0.0952. The van der Waals surface area contributed by atoms with Gasteiger partial charge in [-0.15, -0.1) is 0 Å². The quantitative estimate of drug-likeness (QED) is 0.425. The summed E-state index contributed by atoms with van der Waals surface area (Å²) in [5, 5.41) is 13.0. The number of nitrogens with two attached hydrogens (primary N) is 1. The van der Waals surface area contributed by atoms with Crippen LogP contribution in [0.4, 0.5) is 5.69 Å². The summed E-state index contributed by atoms with van der Waals surface area (Å²) in [6, 6.07) is 17.5. The molecule has 28 heavy (non-hydrogen) atoms. The van der Waals surface area contributed by atoms with E-state index >= 15 is 0 Å². The molecule has 1 heterocycles. The van der Waals surface area contributed by atoms with Crippen molar-refractivity contribution in [3.8, 4) is 5.75 Å². The van der Waals surface area contributed by atoms with Gasteiger partial charge in [0.1, 0.15) is 11.3 Å². The summed E-state index contributed by atoms with van der Waals surface area (Å²) in [4.78, 5) is 23.2. The lowest BCUT2D eigenvalue weighted by Gasteiger charge is -2.29. The molecule has 0 saturated heterocycles. The molecule has 0 bridgehead atoms. The van der Waals surface area contributed by atoms with Crippen molar-refractivity contribution in [3.05, 3.63) is 93.4 Å². The third kappa shape index (κ3) is 2.73. The number of nitrogens with zero attached hydrogens (tertiary/aromatic N) is 1. The van der Waals surface area contributed by atoms with Crippen LogP contribution in [0, 0.1) is 10.1 Å². The first-order valence-electron chi connectivity index (χ1n) is 8.53. The zero-order valence-corrected chi connectivity index (χ0v) is 14.9. The molecule has 0 aliphatic carbocycles. The van der Waals surface area contributed by atoms with Gasteiger partial charge in [-0.3, -0.25) is 10.1 Å². The third-order valence-corrected chi connectivity index (χ3v) is 4.81. The van der Waals surface area contributed by atoms with Crippen molar-refractivity contribution in [3.63, 3.8) is 0 Å². The van der Waals surface area contributed by atoms with Crippen LogP contribution in [0.5, 0.6) is 5.75 Å². The van der Waals surface area contributed by atoms with Gasteiger partial charge >= 0.3 is 5.97 Å². The predicted molar refractivity (Wildman–Crippen MR) is 103 cm³/mol. The monoisotopic (exact) mass is 376 g/mol. The lowest BCUT2D eigenvalue weighted by molar-refractivity contribution is -0.384. The Kier molecular flexibility index (Phi) is 4.19. The fourth-order valence-electron chi connectivity index (χ4n) is 3.56. The molecule has 0 amide bonds. The summed E-state index contributed by atoms with van der Waals surface area (Å²) in [5.74, 6) is -0.847. The molecular weight excluding hydrogens is 360 g/mol. The molecule has 0 unspecified atom stereocenters. The lowest BCUT2D eigenvalue weighted by Crippen LogP contribution is -2.27. The summed E-state index contributed by atoms with van der Waals surface area (Å²) in [6.45, 7) is 0. The van der Waals surface area contributed by atoms with Crippen molar-refractivity contribution < 1.29 is 19.2 Å². The van der Waals surface area contributed by atoms with Crippen molar-refractivity contribution in [2.24, 2.45) is 5.73 Å². The van der Waals surface area contributed by atoms with Crippen LogP contribution < -0.4 is 10.5 Å². The second-order valence-corrected chi connectivity index (χ2v) is 6.36. The van der Waals surface area contributed by atoms with E-state index in [9.17, 15) is 14.9 Å². The number of nitro groups is 1. The minimum atomic E-state index is -0.652. The van der Waals surface area contributed by atoms with Gasteiger partial charge in [0.15, 0.2) is 0 Å². The highest BCUT2D eigenvalue weighted by atomic mass is 16.6. The number of hydrogen-bond acceptors (Lipinski definition) is 6. The minimum absolute atomic E-state index is 0.0749. The summed E-state index contributed by atoms with van der Waals surface area (Å²) in [6.07, 6.45) is 0. The molecule has 3 aromatic rings. The van der Waals surface area contributed by atoms with Gasteiger partial charge in [0.05, 0.1) is 18.0 Å². The number of carbonyl (C=O) groups excluding carboxylic acids is 1. The van der Waals surface area contributed by atoms with Crippen LogP contribution in [0.2, 0.25) is 0 Å². The summed E-state index contributed by atoms with van der Waals surface area (Å²) < 4.78 is 10.7. The van der Waals surface area contributed by atoms with Crippen molar-refractivity contribution in [2.75, 3.05) is 7.11 Å². The Morgan fingerprint density at radius 1 is 1.14 bits per heavy atom. The Morgan fingerprint density at radius 3 is 2.68 bits per heavy atom. The van der Waals surface area contributed by atoms with E-state index in [1.807, 2.05) is 36.4 Å². The van der Waals surface area contributed by atoms with Crippen LogP contribution in [-0.4, -0.2) is 18.0 Å². The van der Waals surface area contributed by atoms with Crippen LogP contribution in [0.1, 0.15) is 17.0 Å². The Bertz CT molecular complexity index is 1150. The van der Waals surface area contributed by atoms with E-state index in [-0.39, 0.29) is 17.1 Å². The smallest absolute Gasteiger partial charge is 0.340 e. The minimum Gasteiger partial charge on any atom is -0.465 e. The predicted octanol–water partition coefficient (Wildman–Crippen LogP) is 3.62. The molecule has 3 aromatic carbocycles. The largest absolute Gasteiger partial charge is 0.465 e. The lowest BCUT2D eigenvalue weighted by atomic mass is 9.82. The summed E-state index contributed by atoms with van der Waals surface area (Å²) in [5.41, 5.74) is 7.39. The maximum atomic E-state index is 12.5. The summed E-state index contributed by atoms with van der Waals surface area (Å²) >= 11 is 0. The number of benzene rings is 3. The third-order valence-electron chi connectivity index (χ3n) is 4.81. The van der Waals surface area contributed by atoms with Crippen molar-refractivity contribution in [1.29, 1.82) is 0 Å². The fourth-order valence-corrected chi connectivity index (χ4v) is 3.56. The molecule has 0 saturated carbocycles. The second-order valence-electron chi connectivity index (χ2n) is 6.36. The topological polar surface area (TPSA) is 105 Å². The molecule has 140 valence electrons. The molecule has 1 aliphatic rings. The molecule has 1 atom stereocenters. The van der Waals surface area contributed by atoms with Crippen molar-refractivity contribution in [2.45, 2.75) is 5.92 Å². The van der Waals surface area contributed by atoms with Crippen LogP contribution in [-0.2, 0) is 9.53 Å². The first kappa shape index (κ1) is 17.5. The average Bonchev–Trinajstić information content (AvgIpc) is 2.72. The number of hydrogen-bond donors (Lipinski definition) is 1.